The Morgan fingerprint density at radius 2 is 1.61 bits per heavy atom. The first-order chi connectivity index (χ1) is 13.8. The maximum Gasteiger partial charge on any atom is 0.261 e. The van der Waals surface area contributed by atoms with Crippen molar-refractivity contribution in [2.24, 2.45) is 0 Å². The van der Waals surface area contributed by atoms with E-state index in [-0.39, 0.29) is 5.56 Å². The Bertz CT molecular complexity index is 1190. The van der Waals surface area contributed by atoms with Crippen LogP contribution in [0.5, 0.6) is 0 Å². The molecule has 0 aliphatic rings. The zero-order valence-electron chi connectivity index (χ0n) is 15.0. The summed E-state index contributed by atoms with van der Waals surface area (Å²) in [5, 5.41) is 9.03. The van der Waals surface area contributed by atoms with Gasteiger partial charge in [0.25, 0.3) is 5.56 Å². The van der Waals surface area contributed by atoms with Crippen LogP contribution in [0.4, 0.5) is 0 Å². The third-order valence-corrected chi connectivity index (χ3v) is 4.45. The molecule has 0 spiro atoms. The molecule has 134 valence electrons. The van der Waals surface area contributed by atoms with E-state index in [9.17, 15) is 4.79 Å². The summed E-state index contributed by atoms with van der Waals surface area (Å²) in [7, 11) is 0. The van der Waals surface area contributed by atoms with Crippen LogP contribution in [0.1, 0.15) is 11.3 Å². The highest BCUT2D eigenvalue weighted by Crippen LogP contribution is 2.20. The van der Waals surface area contributed by atoms with Crippen LogP contribution in [0.25, 0.3) is 22.5 Å². The van der Waals surface area contributed by atoms with Crippen molar-refractivity contribution in [3.8, 4) is 28.6 Å². The molecule has 0 N–H and O–H groups in total. The van der Waals surface area contributed by atoms with Crippen LogP contribution in [-0.2, 0) is 6.54 Å². The number of nitrogens with zero attached hydrogens (tertiary/aromatic N) is 4. The van der Waals surface area contributed by atoms with Crippen LogP contribution in [0, 0.1) is 11.3 Å². The molecule has 0 unspecified atom stereocenters. The lowest BCUT2D eigenvalue weighted by Crippen LogP contribution is -2.25. The average Bonchev–Trinajstić information content (AvgIpc) is 2.76. The fourth-order valence-electron chi connectivity index (χ4n) is 3.03. The zero-order chi connectivity index (χ0) is 19.3. The summed E-state index contributed by atoms with van der Waals surface area (Å²) >= 11 is 0. The number of hydrogen-bond donors (Lipinski definition) is 0. The number of rotatable bonds is 4. The molecule has 2 aromatic heterocycles. The summed E-state index contributed by atoms with van der Waals surface area (Å²) in [6.07, 6.45) is 3.32. The smallest absolute Gasteiger partial charge is 0.261 e. The summed E-state index contributed by atoms with van der Waals surface area (Å²) < 4.78 is 1.63. The lowest BCUT2D eigenvalue weighted by molar-refractivity contribution is 0.731. The lowest BCUT2D eigenvalue weighted by atomic mass is 10.1. The second-order valence-electron chi connectivity index (χ2n) is 6.26. The molecule has 0 amide bonds. The molecular formula is C23H16N4O. The number of pyridine rings is 1. The second kappa shape index (κ2) is 7.68. The number of nitriles is 1. The Hall–Kier alpha value is -4.04. The van der Waals surface area contributed by atoms with Crippen molar-refractivity contribution in [3.63, 3.8) is 0 Å². The molecule has 5 heteroatoms. The van der Waals surface area contributed by atoms with E-state index >= 15 is 0 Å². The van der Waals surface area contributed by atoms with E-state index in [4.69, 9.17) is 5.26 Å². The molecule has 0 saturated carbocycles. The fraction of sp³-hybridized carbons (Fsp3) is 0.0435. The van der Waals surface area contributed by atoms with Gasteiger partial charge < -0.3 is 0 Å². The van der Waals surface area contributed by atoms with Gasteiger partial charge in [-0.05, 0) is 42.0 Å². The maximum atomic E-state index is 13.3. The van der Waals surface area contributed by atoms with Gasteiger partial charge in [0.15, 0.2) is 0 Å². The minimum absolute atomic E-state index is 0.133. The highest BCUT2D eigenvalue weighted by Gasteiger charge is 2.14. The normalized spacial score (nSPS) is 10.4. The van der Waals surface area contributed by atoms with E-state index in [1.807, 2.05) is 48.5 Å². The van der Waals surface area contributed by atoms with Gasteiger partial charge in [-0.1, -0.05) is 36.4 Å². The summed E-state index contributed by atoms with van der Waals surface area (Å²) in [5.74, 6) is 0.542. The molecule has 4 rings (SSSR count). The number of benzene rings is 2. The van der Waals surface area contributed by atoms with Crippen molar-refractivity contribution in [1.82, 2.24) is 14.5 Å². The van der Waals surface area contributed by atoms with Crippen molar-refractivity contribution < 1.29 is 0 Å². The van der Waals surface area contributed by atoms with Crippen molar-refractivity contribution in [2.45, 2.75) is 6.54 Å². The monoisotopic (exact) mass is 364 g/mol. The maximum absolute atomic E-state index is 13.3. The second-order valence-corrected chi connectivity index (χ2v) is 6.26. The van der Waals surface area contributed by atoms with Crippen LogP contribution in [0.2, 0.25) is 0 Å². The number of hydrogen-bond acceptors (Lipinski definition) is 4. The van der Waals surface area contributed by atoms with Crippen LogP contribution in [0.15, 0.2) is 90.0 Å². The lowest BCUT2D eigenvalue weighted by Gasteiger charge is -2.14. The average molecular weight is 364 g/mol. The first-order valence-corrected chi connectivity index (χ1v) is 8.82. The summed E-state index contributed by atoms with van der Waals surface area (Å²) in [6.45, 7) is 0.308. The predicted molar refractivity (Wildman–Crippen MR) is 107 cm³/mol. The molecule has 0 saturated heterocycles. The van der Waals surface area contributed by atoms with E-state index < -0.39 is 0 Å². The molecule has 0 aliphatic carbocycles. The highest BCUT2D eigenvalue weighted by atomic mass is 16.1. The standard InChI is InChI=1S/C23H16N4O/c24-14-17-9-11-19(12-10-17)22-26-15-21(18-6-2-1-3-7-18)23(28)27(22)16-20-8-4-5-13-25-20/h1-13,15H,16H2. The van der Waals surface area contributed by atoms with Crippen molar-refractivity contribution in [3.05, 3.63) is 107 Å². The van der Waals surface area contributed by atoms with Crippen LogP contribution in [-0.4, -0.2) is 14.5 Å². The van der Waals surface area contributed by atoms with Gasteiger partial charge in [-0.25, -0.2) is 4.98 Å². The summed E-state index contributed by atoms with van der Waals surface area (Å²) in [6, 6.07) is 24.2. The first kappa shape index (κ1) is 17.4. The van der Waals surface area contributed by atoms with E-state index in [0.29, 0.717) is 23.5 Å². The molecule has 0 atom stereocenters. The minimum atomic E-state index is -0.133. The Balaban J connectivity index is 1.89. The fourth-order valence-corrected chi connectivity index (χ4v) is 3.03. The number of aromatic nitrogens is 3. The highest BCUT2D eigenvalue weighted by molar-refractivity contribution is 5.64. The molecule has 2 aromatic carbocycles. The SMILES string of the molecule is N#Cc1ccc(-c2ncc(-c3ccccc3)c(=O)n2Cc2ccccn2)cc1. The molecule has 0 fully saturated rings. The Morgan fingerprint density at radius 1 is 0.857 bits per heavy atom. The van der Waals surface area contributed by atoms with Gasteiger partial charge in [0.2, 0.25) is 0 Å². The Labute approximate surface area is 162 Å². The van der Waals surface area contributed by atoms with E-state index in [1.165, 1.54) is 0 Å². The molecule has 5 nitrogen and oxygen atoms in total. The van der Waals surface area contributed by atoms with E-state index in [1.54, 1.807) is 41.2 Å². The van der Waals surface area contributed by atoms with Crippen molar-refractivity contribution >= 4 is 0 Å². The molecule has 0 aliphatic heterocycles. The van der Waals surface area contributed by atoms with Gasteiger partial charge >= 0.3 is 0 Å². The van der Waals surface area contributed by atoms with Gasteiger partial charge in [0.05, 0.1) is 29.4 Å². The van der Waals surface area contributed by atoms with Gasteiger partial charge in [-0.3, -0.25) is 14.3 Å². The topological polar surface area (TPSA) is 71.6 Å². The summed E-state index contributed by atoms with van der Waals surface area (Å²) in [4.78, 5) is 22.3. The molecular weight excluding hydrogens is 348 g/mol. The molecule has 0 bridgehead atoms. The van der Waals surface area contributed by atoms with Gasteiger partial charge in [0.1, 0.15) is 5.82 Å². The largest absolute Gasteiger partial charge is 0.286 e. The van der Waals surface area contributed by atoms with Gasteiger partial charge in [-0.2, -0.15) is 5.26 Å². The summed E-state index contributed by atoms with van der Waals surface area (Å²) in [5.41, 5.74) is 3.32. The molecule has 28 heavy (non-hydrogen) atoms. The first-order valence-electron chi connectivity index (χ1n) is 8.82. The zero-order valence-corrected chi connectivity index (χ0v) is 15.0. The van der Waals surface area contributed by atoms with Crippen LogP contribution in [0.3, 0.4) is 0 Å². The minimum Gasteiger partial charge on any atom is -0.286 e. The third kappa shape index (κ3) is 3.44. The third-order valence-electron chi connectivity index (χ3n) is 4.45. The van der Waals surface area contributed by atoms with E-state index in [0.717, 1.165) is 16.8 Å². The van der Waals surface area contributed by atoms with Crippen LogP contribution < -0.4 is 5.56 Å². The van der Waals surface area contributed by atoms with Crippen LogP contribution >= 0.6 is 0 Å². The van der Waals surface area contributed by atoms with Gasteiger partial charge in [0, 0.05) is 18.0 Å². The quantitative estimate of drug-likeness (QED) is 0.551. The Kier molecular flexibility index (Phi) is 4.77. The molecule has 0 radical (unpaired) electrons. The molecule has 2 heterocycles. The van der Waals surface area contributed by atoms with Crippen molar-refractivity contribution in [1.29, 1.82) is 5.26 Å². The van der Waals surface area contributed by atoms with Crippen molar-refractivity contribution in [2.75, 3.05) is 0 Å². The molecule has 4 aromatic rings. The van der Waals surface area contributed by atoms with Gasteiger partial charge in [-0.15, -0.1) is 0 Å². The predicted octanol–water partition coefficient (Wildman–Crippen LogP) is 3.89. The van der Waals surface area contributed by atoms with E-state index in [2.05, 4.69) is 16.0 Å². The Morgan fingerprint density at radius 3 is 2.29 bits per heavy atom.